The van der Waals surface area contributed by atoms with Gasteiger partial charge in [-0.1, -0.05) is 31.2 Å². The van der Waals surface area contributed by atoms with Crippen LogP contribution in [-0.2, 0) is 17.8 Å². The van der Waals surface area contributed by atoms with E-state index in [1.807, 2.05) is 7.05 Å². The molecule has 0 radical (unpaired) electrons. The number of hydrogen-bond donors (Lipinski definition) is 2. The van der Waals surface area contributed by atoms with Crippen LogP contribution in [0.5, 0.6) is 0 Å². The van der Waals surface area contributed by atoms with Crippen molar-refractivity contribution < 1.29 is 4.74 Å². The summed E-state index contributed by atoms with van der Waals surface area (Å²) in [6.07, 6.45) is 0. The molecule has 0 aromatic heterocycles. The first-order valence-corrected chi connectivity index (χ1v) is 9.23. The lowest BCUT2D eigenvalue weighted by Crippen LogP contribution is -2.41. The lowest BCUT2D eigenvalue weighted by atomic mass is 10.1. The largest absolute Gasteiger partial charge is 0.379 e. The number of aliphatic imine (C=N–C) groups is 1. The molecule has 0 amide bonds. The molecule has 0 saturated carbocycles. The van der Waals surface area contributed by atoms with E-state index in [1.165, 1.54) is 11.1 Å². The average Bonchev–Trinajstić information content (AvgIpc) is 2.66. The Bertz CT molecular complexity index is 534. The second-order valence-corrected chi connectivity index (χ2v) is 6.41. The average molecular weight is 475 g/mol. The Morgan fingerprint density at radius 1 is 1.19 bits per heavy atom. The number of guanidine groups is 1. The summed E-state index contributed by atoms with van der Waals surface area (Å²) < 4.78 is 5.44. The molecule has 0 aliphatic carbocycles. The van der Waals surface area contributed by atoms with Crippen LogP contribution < -0.4 is 10.6 Å². The van der Waals surface area contributed by atoms with Gasteiger partial charge in [-0.3, -0.25) is 9.89 Å². The van der Waals surface area contributed by atoms with Crippen LogP contribution in [-0.4, -0.2) is 75.8 Å². The third-order valence-electron chi connectivity index (χ3n) is 4.61. The van der Waals surface area contributed by atoms with Crippen molar-refractivity contribution in [2.24, 2.45) is 4.99 Å². The number of rotatable bonds is 8. The van der Waals surface area contributed by atoms with Crippen LogP contribution in [0.1, 0.15) is 18.1 Å². The second-order valence-electron chi connectivity index (χ2n) is 6.41. The molecule has 7 heteroatoms. The number of halogens is 1. The first-order valence-electron chi connectivity index (χ1n) is 9.23. The molecule has 26 heavy (non-hydrogen) atoms. The molecule has 0 bridgehead atoms. The number of benzene rings is 1. The topological polar surface area (TPSA) is 52.1 Å². The number of morpholine rings is 1. The Morgan fingerprint density at radius 2 is 1.88 bits per heavy atom. The predicted octanol–water partition coefficient (Wildman–Crippen LogP) is 1.75. The first kappa shape index (κ1) is 23.1. The third kappa shape index (κ3) is 8.20. The zero-order chi connectivity index (χ0) is 17.9. The highest BCUT2D eigenvalue weighted by atomic mass is 127. The van der Waals surface area contributed by atoms with Crippen LogP contribution >= 0.6 is 24.0 Å². The molecule has 1 aliphatic rings. The second kappa shape index (κ2) is 13.3. The fourth-order valence-electron chi connectivity index (χ4n) is 2.81. The minimum Gasteiger partial charge on any atom is -0.379 e. The van der Waals surface area contributed by atoms with E-state index in [2.05, 4.69) is 63.7 Å². The Morgan fingerprint density at radius 3 is 2.54 bits per heavy atom. The SMILES string of the molecule is CCN(C)CCNC(=NC)NCc1ccccc1CN1CCOCC1.I. The maximum Gasteiger partial charge on any atom is 0.191 e. The zero-order valence-corrected chi connectivity index (χ0v) is 18.7. The summed E-state index contributed by atoms with van der Waals surface area (Å²) in [5, 5.41) is 6.81. The summed E-state index contributed by atoms with van der Waals surface area (Å²) in [6.45, 7) is 10.6. The van der Waals surface area contributed by atoms with Crippen LogP contribution in [0.3, 0.4) is 0 Å². The molecule has 0 unspecified atom stereocenters. The molecule has 0 spiro atoms. The molecule has 1 aromatic carbocycles. The molecule has 1 aliphatic heterocycles. The maximum absolute atomic E-state index is 5.44. The highest BCUT2D eigenvalue weighted by Crippen LogP contribution is 2.12. The fraction of sp³-hybridized carbons (Fsp3) is 0.632. The monoisotopic (exact) mass is 475 g/mol. The summed E-state index contributed by atoms with van der Waals surface area (Å²) >= 11 is 0. The molecule has 148 valence electrons. The summed E-state index contributed by atoms with van der Waals surface area (Å²) in [7, 11) is 3.94. The maximum atomic E-state index is 5.44. The predicted molar refractivity (Wildman–Crippen MR) is 119 cm³/mol. The third-order valence-corrected chi connectivity index (χ3v) is 4.61. The lowest BCUT2D eigenvalue weighted by Gasteiger charge is -2.27. The van der Waals surface area contributed by atoms with Crippen molar-refractivity contribution in [1.82, 2.24) is 20.4 Å². The van der Waals surface area contributed by atoms with Gasteiger partial charge in [-0.05, 0) is 24.7 Å². The fourth-order valence-corrected chi connectivity index (χ4v) is 2.81. The molecule has 2 N–H and O–H groups in total. The Hall–Kier alpha value is -0.900. The van der Waals surface area contributed by atoms with E-state index in [0.717, 1.165) is 65.0 Å². The van der Waals surface area contributed by atoms with E-state index in [1.54, 1.807) is 0 Å². The van der Waals surface area contributed by atoms with Crippen molar-refractivity contribution in [2.75, 3.05) is 60.0 Å². The first-order chi connectivity index (χ1) is 12.2. The normalized spacial score (nSPS) is 15.6. The van der Waals surface area contributed by atoms with E-state index < -0.39 is 0 Å². The van der Waals surface area contributed by atoms with Crippen LogP contribution in [0.15, 0.2) is 29.3 Å². The van der Waals surface area contributed by atoms with Gasteiger partial charge in [0, 0.05) is 46.3 Å². The van der Waals surface area contributed by atoms with Gasteiger partial charge in [0.15, 0.2) is 5.96 Å². The minimum atomic E-state index is 0. The van der Waals surface area contributed by atoms with Crippen molar-refractivity contribution >= 4 is 29.9 Å². The van der Waals surface area contributed by atoms with Crippen LogP contribution in [0.2, 0.25) is 0 Å². The molecule has 1 saturated heterocycles. The summed E-state index contributed by atoms with van der Waals surface area (Å²) in [6, 6.07) is 8.64. The van der Waals surface area contributed by atoms with E-state index >= 15 is 0 Å². The number of ether oxygens (including phenoxy) is 1. The van der Waals surface area contributed by atoms with Crippen LogP contribution in [0, 0.1) is 0 Å². The van der Waals surface area contributed by atoms with Crippen molar-refractivity contribution in [1.29, 1.82) is 0 Å². The zero-order valence-electron chi connectivity index (χ0n) is 16.3. The molecular formula is C19H34IN5O. The summed E-state index contributed by atoms with van der Waals surface area (Å²) in [4.78, 5) is 9.05. The van der Waals surface area contributed by atoms with Crippen molar-refractivity contribution in [2.45, 2.75) is 20.0 Å². The Balaban J connectivity index is 0.00000338. The number of hydrogen-bond acceptors (Lipinski definition) is 4. The van der Waals surface area contributed by atoms with Gasteiger partial charge < -0.3 is 20.3 Å². The molecule has 0 atom stereocenters. The van der Waals surface area contributed by atoms with Gasteiger partial charge in [0.2, 0.25) is 0 Å². The standard InChI is InChI=1S/C19H33N5O.HI/c1-4-23(3)10-9-21-19(20-2)22-15-17-7-5-6-8-18(17)16-24-11-13-25-14-12-24;/h5-8H,4,9-16H2,1-3H3,(H2,20,21,22);1H. The smallest absolute Gasteiger partial charge is 0.191 e. The van der Waals surface area contributed by atoms with Crippen LogP contribution in [0.4, 0.5) is 0 Å². The van der Waals surface area contributed by atoms with Gasteiger partial charge in [-0.2, -0.15) is 0 Å². The van der Waals surface area contributed by atoms with Gasteiger partial charge in [-0.25, -0.2) is 0 Å². The van der Waals surface area contributed by atoms with Gasteiger partial charge in [0.1, 0.15) is 0 Å². The van der Waals surface area contributed by atoms with Gasteiger partial charge in [-0.15, -0.1) is 24.0 Å². The number of nitrogens with one attached hydrogen (secondary N) is 2. The number of likely N-dealkylation sites (N-methyl/N-ethyl adjacent to an activating group) is 1. The van der Waals surface area contributed by atoms with E-state index in [0.29, 0.717) is 0 Å². The summed E-state index contributed by atoms with van der Waals surface area (Å²) in [5.74, 6) is 0.852. The molecule has 1 heterocycles. The van der Waals surface area contributed by atoms with Crippen LogP contribution in [0.25, 0.3) is 0 Å². The van der Waals surface area contributed by atoms with Gasteiger partial charge in [0.25, 0.3) is 0 Å². The highest BCUT2D eigenvalue weighted by Gasteiger charge is 2.12. The van der Waals surface area contributed by atoms with E-state index in [9.17, 15) is 0 Å². The highest BCUT2D eigenvalue weighted by molar-refractivity contribution is 14.0. The molecule has 1 aromatic rings. The molecule has 1 fully saturated rings. The van der Waals surface area contributed by atoms with Crippen molar-refractivity contribution in [3.8, 4) is 0 Å². The molecule has 6 nitrogen and oxygen atoms in total. The summed E-state index contributed by atoms with van der Waals surface area (Å²) in [5.41, 5.74) is 2.70. The van der Waals surface area contributed by atoms with E-state index in [4.69, 9.17) is 4.74 Å². The quantitative estimate of drug-likeness (QED) is 0.341. The number of nitrogens with zero attached hydrogens (tertiary/aromatic N) is 3. The van der Waals surface area contributed by atoms with Crippen molar-refractivity contribution in [3.05, 3.63) is 35.4 Å². The Labute approximate surface area is 175 Å². The Kier molecular flexibility index (Phi) is 11.8. The van der Waals surface area contributed by atoms with Crippen molar-refractivity contribution in [3.63, 3.8) is 0 Å². The minimum absolute atomic E-state index is 0. The van der Waals surface area contributed by atoms with Gasteiger partial charge >= 0.3 is 0 Å². The lowest BCUT2D eigenvalue weighted by molar-refractivity contribution is 0.0341. The van der Waals surface area contributed by atoms with E-state index in [-0.39, 0.29) is 24.0 Å². The molecular weight excluding hydrogens is 441 g/mol. The van der Waals surface area contributed by atoms with Gasteiger partial charge in [0.05, 0.1) is 13.2 Å². The molecule has 2 rings (SSSR count).